The molecule has 0 saturated carbocycles. The van der Waals surface area contributed by atoms with Crippen molar-refractivity contribution in [2.24, 2.45) is 0 Å². The van der Waals surface area contributed by atoms with E-state index in [1.807, 2.05) is 26.0 Å². The van der Waals surface area contributed by atoms with E-state index in [0.717, 1.165) is 50.1 Å². The molecule has 0 saturated heterocycles. The van der Waals surface area contributed by atoms with Crippen LogP contribution in [-0.2, 0) is 0 Å². The summed E-state index contributed by atoms with van der Waals surface area (Å²) in [5.41, 5.74) is 7.46. The Morgan fingerprint density at radius 2 is 0.978 bits per heavy atom. The van der Waals surface area contributed by atoms with Crippen LogP contribution in [0, 0.1) is 0 Å². The summed E-state index contributed by atoms with van der Waals surface area (Å²) in [6, 6.07) is 58.6. The van der Waals surface area contributed by atoms with E-state index in [1.54, 1.807) is 0 Å². The van der Waals surface area contributed by atoms with Gasteiger partial charge in [0.2, 0.25) is 0 Å². The molecule has 0 radical (unpaired) electrons. The highest BCUT2D eigenvalue weighted by Crippen LogP contribution is 2.44. The van der Waals surface area contributed by atoms with Crippen LogP contribution in [0.5, 0.6) is 0 Å². The van der Waals surface area contributed by atoms with Crippen LogP contribution in [0.4, 0.5) is 17.1 Å². The first-order valence-electron chi connectivity index (χ1n) is 16.0. The zero-order valence-corrected chi connectivity index (χ0v) is 25.9. The van der Waals surface area contributed by atoms with E-state index >= 15 is 0 Å². The van der Waals surface area contributed by atoms with Crippen LogP contribution < -0.4 is 4.90 Å². The monoisotopic (exact) mass is 591 g/mol. The third-order valence-electron chi connectivity index (χ3n) is 8.84. The van der Waals surface area contributed by atoms with Gasteiger partial charge in [0.15, 0.2) is 0 Å². The summed E-state index contributed by atoms with van der Waals surface area (Å²) in [5, 5.41) is 9.66. The van der Waals surface area contributed by atoms with Crippen LogP contribution in [0.1, 0.15) is 13.8 Å². The summed E-state index contributed by atoms with van der Waals surface area (Å²) in [6.45, 7) is 4.00. The Labute approximate surface area is 268 Å². The minimum Gasteiger partial charge on any atom is -0.455 e. The predicted octanol–water partition coefficient (Wildman–Crippen LogP) is 13.2. The molecule has 0 aliphatic rings. The molecule has 46 heavy (non-hydrogen) atoms. The van der Waals surface area contributed by atoms with Gasteiger partial charge in [0.1, 0.15) is 11.2 Å². The fraction of sp³-hybridized carbons (Fsp3) is 0.0455. The van der Waals surface area contributed by atoms with E-state index in [4.69, 9.17) is 4.42 Å². The van der Waals surface area contributed by atoms with Crippen molar-refractivity contribution in [3.05, 3.63) is 164 Å². The number of fused-ring (bicyclic) bond motifs is 7. The van der Waals surface area contributed by atoms with E-state index in [9.17, 15) is 0 Å². The minimum absolute atomic E-state index is 0.914. The van der Waals surface area contributed by atoms with Gasteiger partial charge in [-0.3, -0.25) is 0 Å². The van der Waals surface area contributed by atoms with Gasteiger partial charge in [-0.25, -0.2) is 0 Å². The van der Waals surface area contributed by atoms with Crippen molar-refractivity contribution in [1.82, 2.24) is 0 Å². The third kappa shape index (κ3) is 4.50. The highest BCUT2D eigenvalue weighted by atomic mass is 16.3. The Morgan fingerprint density at radius 1 is 0.413 bits per heavy atom. The van der Waals surface area contributed by atoms with E-state index < -0.39 is 0 Å². The second-order valence-electron chi connectivity index (χ2n) is 11.3. The third-order valence-corrected chi connectivity index (χ3v) is 8.84. The molecular weight excluding hydrogens is 558 g/mol. The Balaban J connectivity index is 0.00000153. The van der Waals surface area contributed by atoms with Gasteiger partial charge in [-0.15, -0.1) is 0 Å². The Morgan fingerprint density at radius 3 is 1.78 bits per heavy atom. The zero-order chi connectivity index (χ0) is 31.0. The van der Waals surface area contributed by atoms with Gasteiger partial charge in [0.25, 0.3) is 0 Å². The van der Waals surface area contributed by atoms with Crippen molar-refractivity contribution in [2.75, 3.05) is 4.90 Å². The number of anilines is 3. The predicted molar refractivity (Wildman–Crippen MR) is 198 cm³/mol. The summed E-state index contributed by atoms with van der Waals surface area (Å²) < 4.78 is 6.38. The average molecular weight is 592 g/mol. The number of benzene rings is 8. The highest BCUT2D eigenvalue weighted by Gasteiger charge is 2.19. The first-order valence-corrected chi connectivity index (χ1v) is 16.0. The zero-order valence-electron chi connectivity index (χ0n) is 25.9. The van der Waals surface area contributed by atoms with Gasteiger partial charge in [-0.1, -0.05) is 147 Å². The fourth-order valence-electron chi connectivity index (χ4n) is 6.80. The largest absolute Gasteiger partial charge is 0.455 e. The molecule has 0 fully saturated rings. The molecule has 8 aromatic carbocycles. The maximum atomic E-state index is 6.38. The van der Waals surface area contributed by atoms with Crippen LogP contribution in [0.25, 0.3) is 65.4 Å². The van der Waals surface area contributed by atoms with Crippen LogP contribution in [-0.4, -0.2) is 0 Å². The molecule has 0 aliphatic carbocycles. The minimum atomic E-state index is 0.914. The van der Waals surface area contributed by atoms with Crippen LogP contribution in [0.15, 0.2) is 168 Å². The molecule has 0 atom stereocenters. The first kappa shape index (κ1) is 27.7. The van der Waals surface area contributed by atoms with Crippen LogP contribution in [0.2, 0.25) is 0 Å². The summed E-state index contributed by atoms with van der Waals surface area (Å²) in [4.78, 5) is 2.42. The molecule has 0 spiro atoms. The first-order chi connectivity index (χ1) is 22.8. The van der Waals surface area contributed by atoms with Gasteiger partial charge >= 0.3 is 0 Å². The van der Waals surface area contributed by atoms with Crippen molar-refractivity contribution >= 4 is 71.3 Å². The van der Waals surface area contributed by atoms with E-state index in [1.165, 1.54) is 32.3 Å². The molecule has 1 aromatic heterocycles. The number of para-hydroxylation sites is 2. The van der Waals surface area contributed by atoms with Crippen LogP contribution >= 0.6 is 0 Å². The molecule has 0 unspecified atom stereocenters. The maximum absolute atomic E-state index is 6.38. The SMILES string of the molecule is CC.c1ccc2c(N(c3ccc(-c4cccc5c4oc4ccccc45)cc3)c3cccc4ccc5ccccc5c34)cccc2c1. The summed E-state index contributed by atoms with van der Waals surface area (Å²) in [6.07, 6.45) is 0. The van der Waals surface area contributed by atoms with Crippen molar-refractivity contribution in [2.45, 2.75) is 13.8 Å². The van der Waals surface area contributed by atoms with Crippen molar-refractivity contribution < 1.29 is 4.42 Å². The number of rotatable bonds is 4. The maximum Gasteiger partial charge on any atom is 0.143 e. The lowest BCUT2D eigenvalue weighted by Gasteiger charge is -2.28. The van der Waals surface area contributed by atoms with Gasteiger partial charge in [0, 0.05) is 32.8 Å². The Kier molecular flexibility index (Phi) is 6.96. The van der Waals surface area contributed by atoms with Crippen molar-refractivity contribution in [1.29, 1.82) is 0 Å². The van der Waals surface area contributed by atoms with Gasteiger partial charge in [0.05, 0.1) is 11.4 Å². The smallest absolute Gasteiger partial charge is 0.143 e. The topological polar surface area (TPSA) is 16.4 Å². The quantitative estimate of drug-likeness (QED) is 0.189. The van der Waals surface area contributed by atoms with Crippen molar-refractivity contribution in [3.63, 3.8) is 0 Å². The molecule has 0 amide bonds. The van der Waals surface area contributed by atoms with Gasteiger partial charge < -0.3 is 9.32 Å². The highest BCUT2D eigenvalue weighted by molar-refractivity contribution is 6.16. The van der Waals surface area contributed by atoms with Gasteiger partial charge in [-0.2, -0.15) is 0 Å². The Bertz CT molecular complexity index is 2500. The average Bonchev–Trinajstić information content (AvgIpc) is 3.52. The summed E-state index contributed by atoms with van der Waals surface area (Å²) in [5.74, 6) is 0. The number of hydrogen-bond acceptors (Lipinski definition) is 2. The summed E-state index contributed by atoms with van der Waals surface area (Å²) >= 11 is 0. The van der Waals surface area contributed by atoms with E-state index in [-0.39, 0.29) is 0 Å². The van der Waals surface area contributed by atoms with E-state index in [0.29, 0.717) is 0 Å². The number of hydrogen-bond donors (Lipinski definition) is 0. The van der Waals surface area contributed by atoms with Gasteiger partial charge in [-0.05, 0) is 57.4 Å². The molecule has 2 nitrogen and oxygen atoms in total. The Hall–Kier alpha value is -5.86. The lowest BCUT2D eigenvalue weighted by atomic mass is 9.98. The molecule has 0 bridgehead atoms. The second-order valence-corrected chi connectivity index (χ2v) is 11.3. The molecular formula is C44H33NO. The second kappa shape index (κ2) is 11.6. The number of nitrogens with zero attached hydrogens (tertiary/aromatic N) is 1. The molecule has 1 heterocycles. The molecule has 220 valence electrons. The van der Waals surface area contributed by atoms with Crippen molar-refractivity contribution in [3.8, 4) is 11.1 Å². The lowest BCUT2D eigenvalue weighted by Crippen LogP contribution is -2.11. The molecule has 2 heteroatoms. The molecule has 0 aliphatic heterocycles. The standard InChI is InChI=1S/C42H27NO.C2H6/c1-3-14-33-28(10-1)12-7-19-38(33)43(39-20-8-13-31-23-22-29-11-2-4-15-34(29)41(31)39)32-26-24-30(25-27-32)35-17-9-18-37-36-16-5-6-21-40(36)44-42(35)37;1-2/h1-27H;1-2H3. The summed E-state index contributed by atoms with van der Waals surface area (Å²) in [7, 11) is 0. The normalized spacial score (nSPS) is 11.3. The lowest BCUT2D eigenvalue weighted by molar-refractivity contribution is 0.670. The number of furan rings is 1. The fourth-order valence-corrected chi connectivity index (χ4v) is 6.80. The van der Waals surface area contributed by atoms with Crippen LogP contribution in [0.3, 0.4) is 0 Å². The molecule has 9 rings (SSSR count). The molecule has 0 N–H and O–H groups in total. The molecule has 9 aromatic rings. The van der Waals surface area contributed by atoms with E-state index in [2.05, 4.69) is 157 Å².